The SMILES string of the molecule is c1ccc(Nc2ccc([N+]3(c4ccccc4)c4ccccc4-c4ccccc43)cc2)cc1. The van der Waals surface area contributed by atoms with Crippen molar-refractivity contribution in [3.05, 3.63) is 133 Å². The van der Waals surface area contributed by atoms with E-state index in [1.165, 1.54) is 33.9 Å². The minimum atomic E-state index is 0.582. The van der Waals surface area contributed by atoms with E-state index >= 15 is 0 Å². The summed E-state index contributed by atoms with van der Waals surface area (Å²) in [5.74, 6) is 0. The highest BCUT2D eigenvalue weighted by molar-refractivity contribution is 6.02. The summed E-state index contributed by atoms with van der Waals surface area (Å²) in [5.41, 5.74) is 9.75. The molecule has 6 rings (SSSR count). The van der Waals surface area contributed by atoms with Crippen LogP contribution in [0.1, 0.15) is 0 Å². The highest BCUT2D eigenvalue weighted by Crippen LogP contribution is 2.61. The number of hydrogen-bond acceptors (Lipinski definition) is 1. The van der Waals surface area contributed by atoms with Crippen LogP contribution in [0.5, 0.6) is 0 Å². The van der Waals surface area contributed by atoms with Gasteiger partial charge in [-0.1, -0.05) is 60.7 Å². The lowest BCUT2D eigenvalue weighted by atomic mass is 10.1. The van der Waals surface area contributed by atoms with Gasteiger partial charge in [-0.25, -0.2) is 0 Å². The van der Waals surface area contributed by atoms with Gasteiger partial charge in [0.2, 0.25) is 0 Å². The molecule has 0 saturated carbocycles. The Morgan fingerprint density at radius 3 is 1.41 bits per heavy atom. The average Bonchev–Trinajstić information content (AvgIpc) is 3.17. The summed E-state index contributed by atoms with van der Waals surface area (Å²) in [6, 6.07) is 47.5. The van der Waals surface area contributed by atoms with Gasteiger partial charge < -0.3 is 5.32 Å². The third-order valence-corrected chi connectivity index (χ3v) is 6.28. The van der Waals surface area contributed by atoms with Crippen molar-refractivity contribution in [2.24, 2.45) is 0 Å². The van der Waals surface area contributed by atoms with Crippen molar-refractivity contribution in [2.45, 2.75) is 0 Å². The summed E-state index contributed by atoms with van der Waals surface area (Å²) in [6.07, 6.45) is 0. The molecule has 0 fully saturated rings. The van der Waals surface area contributed by atoms with Gasteiger partial charge in [-0.05, 0) is 36.4 Å². The Bertz CT molecular complexity index is 1330. The monoisotopic (exact) mass is 411 g/mol. The third-order valence-electron chi connectivity index (χ3n) is 6.28. The lowest BCUT2D eigenvalue weighted by Gasteiger charge is -2.34. The zero-order chi connectivity index (χ0) is 21.4. The number of benzene rings is 5. The Labute approximate surface area is 188 Å². The second-order valence-corrected chi connectivity index (χ2v) is 8.08. The number of anilines is 2. The molecule has 0 radical (unpaired) electrons. The number of quaternary nitrogens is 1. The van der Waals surface area contributed by atoms with Crippen molar-refractivity contribution in [3.63, 3.8) is 0 Å². The van der Waals surface area contributed by atoms with Crippen molar-refractivity contribution >= 4 is 34.1 Å². The molecule has 2 heteroatoms. The number of rotatable bonds is 4. The molecule has 152 valence electrons. The Kier molecular flexibility index (Phi) is 4.38. The fraction of sp³-hybridized carbons (Fsp3) is 0. The number of hydrogen-bond donors (Lipinski definition) is 1. The van der Waals surface area contributed by atoms with Crippen LogP contribution in [-0.4, -0.2) is 0 Å². The second-order valence-electron chi connectivity index (χ2n) is 8.08. The van der Waals surface area contributed by atoms with Crippen molar-refractivity contribution in [1.29, 1.82) is 0 Å². The quantitative estimate of drug-likeness (QED) is 0.286. The molecule has 1 heterocycles. The predicted molar refractivity (Wildman–Crippen MR) is 135 cm³/mol. The fourth-order valence-corrected chi connectivity index (χ4v) is 4.93. The molecule has 5 aromatic carbocycles. The van der Waals surface area contributed by atoms with E-state index in [9.17, 15) is 0 Å². The summed E-state index contributed by atoms with van der Waals surface area (Å²) < 4.78 is 0.582. The summed E-state index contributed by atoms with van der Waals surface area (Å²) in [4.78, 5) is 0. The van der Waals surface area contributed by atoms with Crippen molar-refractivity contribution in [1.82, 2.24) is 4.48 Å². The van der Waals surface area contributed by atoms with Gasteiger partial charge in [0.15, 0.2) is 11.4 Å². The first-order chi connectivity index (χ1) is 15.9. The van der Waals surface area contributed by atoms with Crippen LogP contribution in [0.25, 0.3) is 11.1 Å². The van der Waals surface area contributed by atoms with Gasteiger partial charge >= 0.3 is 0 Å². The van der Waals surface area contributed by atoms with E-state index in [0.29, 0.717) is 4.48 Å². The smallest absolute Gasteiger partial charge is 0.156 e. The maximum absolute atomic E-state index is 3.51. The molecule has 0 bridgehead atoms. The summed E-state index contributed by atoms with van der Waals surface area (Å²) >= 11 is 0. The molecule has 32 heavy (non-hydrogen) atoms. The van der Waals surface area contributed by atoms with Crippen LogP contribution >= 0.6 is 0 Å². The van der Waals surface area contributed by atoms with Crippen LogP contribution in [0.15, 0.2) is 133 Å². The molecule has 0 aliphatic carbocycles. The molecule has 0 spiro atoms. The maximum atomic E-state index is 3.51. The molecule has 0 amide bonds. The van der Waals surface area contributed by atoms with E-state index in [4.69, 9.17) is 0 Å². The van der Waals surface area contributed by atoms with Gasteiger partial charge in [-0.15, -0.1) is 0 Å². The van der Waals surface area contributed by atoms with E-state index in [2.05, 4.69) is 121 Å². The highest BCUT2D eigenvalue weighted by atomic mass is 15.4. The van der Waals surface area contributed by atoms with Crippen LogP contribution in [0.3, 0.4) is 0 Å². The highest BCUT2D eigenvalue weighted by Gasteiger charge is 2.47. The van der Waals surface area contributed by atoms with E-state index in [-0.39, 0.29) is 0 Å². The third kappa shape index (κ3) is 2.78. The molecule has 2 nitrogen and oxygen atoms in total. The first-order valence-corrected chi connectivity index (χ1v) is 10.9. The van der Waals surface area contributed by atoms with E-state index in [1.807, 2.05) is 18.2 Å². The molecule has 5 aromatic rings. The number of nitrogens with zero attached hydrogens (tertiary/aromatic N) is 1. The molecule has 0 saturated heterocycles. The Morgan fingerprint density at radius 2 is 0.812 bits per heavy atom. The van der Waals surface area contributed by atoms with Crippen molar-refractivity contribution in [3.8, 4) is 11.1 Å². The number of nitrogens with one attached hydrogen (secondary N) is 1. The van der Waals surface area contributed by atoms with Crippen LogP contribution in [-0.2, 0) is 0 Å². The van der Waals surface area contributed by atoms with E-state index < -0.39 is 0 Å². The normalized spacial score (nSPS) is 13.2. The zero-order valence-corrected chi connectivity index (χ0v) is 17.6. The summed E-state index contributed by atoms with van der Waals surface area (Å²) in [5, 5.41) is 3.51. The molecule has 0 unspecified atom stereocenters. The van der Waals surface area contributed by atoms with Gasteiger partial charge in [0.1, 0.15) is 11.4 Å². The lowest BCUT2D eigenvalue weighted by molar-refractivity contribution is 0.721. The topological polar surface area (TPSA) is 12.0 Å². The van der Waals surface area contributed by atoms with Crippen LogP contribution in [0.4, 0.5) is 34.1 Å². The minimum absolute atomic E-state index is 0.582. The first-order valence-electron chi connectivity index (χ1n) is 10.9. The molecule has 1 N–H and O–H groups in total. The lowest BCUT2D eigenvalue weighted by Crippen LogP contribution is -2.31. The van der Waals surface area contributed by atoms with Gasteiger partial charge in [0, 0.05) is 47.8 Å². The summed E-state index contributed by atoms with van der Waals surface area (Å²) in [7, 11) is 0. The Morgan fingerprint density at radius 1 is 0.375 bits per heavy atom. The standard InChI is InChI=1S/C30H23N2/c1-3-11-23(12-4-1)31-24-19-21-26(22-20-24)32(25-13-5-2-6-14-25)29-17-9-7-15-27(29)28-16-8-10-18-30(28)32/h1-22,31H/q+1. The minimum Gasteiger partial charge on any atom is -0.356 e. The van der Waals surface area contributed by atoms with Gasteiger partial charge in [-0.2, -0.15) is 4.48 Å². The van der Waals surface area contributed by atoms with E-state index in [0.717, 1.165) is 11.4 Å². The summed E-state index contributed by atoms with van der Waals surface area (Å²) in [6.45, 7) is 0. The largest absolute Gasteiger partial charge is 0.356 e. The van der Waals surface area contributed by atoms with Crippen LogP contribution in [0.2, 0.25) is 0 Å². The molecule has 1 aliphatic heterocycles. The Balaban J connectivity index is 1.57. The average molecular weight is 412 g/mol. The van der Waals surface area contributed by atoms with Gasteiger partial charge in [-0.3, -0.25) is 0 Å². The molecule has 0 atom stereocenters. The second kappa shape index (κ2) is 7.52. The molecular weight excluding hydrogens is 388 g/mol. The molecular formula is C30H23N2+. The molecule has 1 aliphatic rings. The number of para-hydroxylation sites is 4. The van der Waals surface area contributed by atoms with Gasteiger partial charge in [0.25, 0.3) is 0 Å². The van der Waals surface area contributed by atoms with Crippen LogP contribution < -0.4 is 9.80 Å². The predicted octanol–water partition coefficient (Wildman–Crippen LogP) is 8.71. The van der Waals surface area contributed by atoms with Crippen molar-refractivity contribution < 1.29 is 0 Å². The van der Waals surface area contributed by atoms with E-state index in [1.54, 1.807) is 0 Å². The fourth-order valence-electron chi connectivity index (χ4n) is 4.93. The molecule has 0 aromatic heterocycles. The maximum Gasteiger partial charge on any atom is 0.156 e. The number of fused-ring (bicyclic) bond motifs is 3. The van der Waals surface area contributed by atoms with Crippen molar-refractivity contribution in [2.75, 3.05) is 5.32 Å². The zero-order valence-electron chi connectivity index (χ0n) is 17.6. The Hall–Kier alpha value is -4.14. The van der Waals surface area contributed by atoms with Gasteiger partial charge in [0.05, 0.1) is 11.1 Å². The first kappa shape index (κ1) is 18.6. The van der Waals surface area contributed by atoms with Crippen LogP contribution in [0, 0.1) is 0 Å².